The molecule has 2 N–H and O–H groups in total. The molecule has 2 unspecified atom stereocenters. The number of benzene rings is 1. The molecule has 0 bridgehead atoms. The van der Waals surface area contributed by atoms with E-state index in [4.69, 9.17) is 15.7 Å². The molecule has 104 valence electrons. The topological polar surface area (TPSA) is 59.0 Å². The Morgan fingerprint density at radius 2 is 1.95 bits per heavy atom. The van der Waals surface area contributed by atoms with Gasteiger partial charge in [0.15, 0.2) is 0 Å². The SMILES string of the molecule is Cc1cc(C#N)cc(C)c1OC(c1cccs1)C(C)N. The smallest absolute Gasteiger partial charge is 0.148 e. The van der Waals surface area contributed by atoms with Crippen molar-refractivity contribution < 1.29 is 4.74 Å². The van der Waals surface area contributed by atoms with Crippen LogP contribution in [0.15, 0.2) is 29.6 Å². The molecule has 0 aliphatic carbocycles. The third-order valence-corrected chi connectivity index (χ3v) is 4.07. The summed E-state index contributed by atoms with van der Waals surface area (Å²) in [5, 5.41) is 11.0. The van der Waals surface area contributed by atoms with Crippen LogP contribution in [0.2, 0.25) is 0 Å². The molecule has 3 nitrogen and oxygen atoms in total. The highest BCUT2D eigenvalue weighted by atomic mass is 32.1. The number of nitrogens with zero attached hydrogens (tertiary/aromatic N) is 1. The predicted molar refractivity (Wildman–Crippen MR) is 82.0 cm³/mol. The van der Waals surface area contributed by atoms with Gasteiger partial charge in [-0.25, -0.2) is 0 Å². The van der Waals surface area contributed by atoms with Crippen LogP contribution in [-0.4, -0.2) is 6.04 Å². The first-order valence-corrected chi connectivity index (χ1v) is 7.38. The molecule has 0 fully saturated rings. The highest BCUT2D eigenvalue weighted by Gasteiger charge is 2.21. The van der Waals surface area contributed by atoms with Crippen molar-refractivity contribution in [2.45, 2.75) is 32.9 Å². The van der Waals surface area contributed by atoms with E-state index in [-0.39, 0.29) is 12.1 Å². The van der Waals surface area contributed by atoms with E-state index in [1.54, 1.807) is 11.3 Å². The first-order chi connectivity index (χ1) is 9.52. The van der Waals surface area contributed by atoms with Crippen molar-refractivity contribution >= 4 is 11.3 Å². The van der Waals surface area contributed by atoms with Crippen LogP contribution in [0.1, 0.15) is 34.6 Å². The van der Waals surface area contributed by atoms with Crippen molar-refractivity contribution in [2.75, 3.05) is 0 Å². The number of hydrogen-bond donors (Lipinski definition) is 1. The van der Waals surface area contributed by atoms with Gasteiger partial charge in [0, 0.05) is 10.9 Å². The molecular weight excluding hydrogens is 268 g/mol. The lowest BCUT2D eigenvalue weighted by atomic mass is 10.1. The fourth-order valence-electron chi connectivity index (χ4n) is 2.21. The lowest BCUT2D eigenvalue weighted by Gasteiger charge is -2.24. The molecule has 0 amide bonds. The normalized spacial score (nSPS) is 13.6. The van der Waals surface area contributed by atoms with Crippen LogP contribution in [-0.2, 0) is 0 Å². The molecule has 4 heteroatoms. The van der Waals surface area contributed by atoms with Gasteiger partial charge in [-0.1, -0.05) is 6.07 Å². The van der Waals surface area contributed by atoms with Crippen molar-refractivity contribution in [3.8, 4) is 11.8 Å². The Balaban J connectivity index is 2.35. The number of hydrogen-bond acceptors (Lipinski definition) is 4. The second kappa shape index (κ2) is 6.08. The zero-order valence-electron chi connectivity index (χ0n) is 11.9. The first-order valence-electron chi connectivity index (χ1n) is 6.50. The summed E-state index contributed by atoms with van der Waals surface area (Å²) in [6.07, 6.45) is -0.166. The van der Waals surface area contributed by atoms with Crippen LogP contribution >= 0.6 is 11.3 Å². The average Bonchev–Trinajstić information content (AvgIpc) is 2.90. The van der Waals surface area contributed by atoms with Gasteiger partial charge in [-0.2, -0.15) is 5.26 Å². The Morgan fingerprint density at radius 1 is 1.30 bits per heavy atom. The minimum absolute atomic E-state index is 0.108. The standard InChI is InChI=1S/C16H18N2OS/c1-10-7-13(9-17)8-11(2)15(10)19-16(12(3)18)14-5-4-6-20-14/h4-8,12,16H,18H2,1-3H3. The van der Waals surface area contributed by atoms with Crippen LogP contribution in [0.5, 0.6) is 5.75 Å². The maximum Gasteiger partial charge on any atom is 0.148 e. The van der Waals surface area contributed by atoms with E-state index in [1.165, 1.54) is 0 Å². The Morgan fingerprint density at radius 3 is 2.40 bits per heavy atom. The fourth-order valence-corrected chi connectivity index (χ4v) is 3.07. The molecule has 0 aliphatic rings. The lowest BCUT2D eigenvalue weighted by molar-refractivity contribution is 0.181. The molecule has 20 heavy (non-hydrogen) atoms. The lowest BCUT2D eigenvalue weighted by Crippen LogP contribution is -2.28. The minimum Gasteiger partial charge on any atom is -0.483 e. The molecular formula is C16H18N2OS. The molecule has 0 spiro atoms. The van der Waals surface area contributed by atoms with Crippen molar-refractivity contribution in [1.29, 1.82) is 5.26 Å². The number of nitriles is 1. The van der Waals surface area contributed by atoms with Crippen LogP contribution in [0.4, 0.5) is 0 Å². The highest BCUT2D eigenvalue weighted by Crippen LogP contribution is 2.32. The molecule has 0 saturated carbocycles. The summed E-state index contributed by atoms with van der Waals surface area (Å²) >= 11 is 1.64. The number of ether oxygens (including phenoxy) is 1. The predicted octanol–water partition coefficient (Wildman–Crippen LogP) is 3.70. The van der Waals surface area contributed by atoms with Gasteiger partial charge in [0.25, 0.3) is 0 Å². The summed E-state index contributed by atoms with van der Waals surface area (Å²) in [4.78, 5) is 1.11. The van der Waals surface area contributed by atoms with E-state index in [0.29, 0.717) is 5.56 Å². The minimum atomic E-state index is -0.166. The third-order valence-electron chi connectivity index (χ3n) is 3.14. The maximum atomic E-state index is 8.99. The monoisotopic (exact) mass is 286 g/mol. The van der Waals surface area contributed by atoms with Crippen LogP contribution in [0, 0.1) is 25.2 Å². The summed E-state index contributed by atoms with van der Waals surface area (Å²) in [5.41, 5.74) is 8.64. The van der Waals surface area contributed by atoms with E-state index >= 15 is 0 Å². The molecule has 1 heterocycles. The Bertz CT molecular complexity index is 603. The number of aryl methyl sites for hydroxylation is 2. The third kappa shape index (κ3) is 3.01. The van der Waals surface area contributed by atoms with Gasteiger partial charge in [0.2, 0.25) is 0 Å². The highest BCUT2D eigenvalue weighted by molar-refractivity contribution is 7.10. The quantitative estimate of drug-likeness (QED) is 0.932. The molecule has 1 aromatic carbocycles. The van der Waals surface area contributed by atoms with Gasteiger partial charge in [-0.3, -0.25) is 0 Å². The summed E-state index contributed by atoms with van der Waals surface area (Å²) in [6.45, 7) is 5.85. The van der Waals surface area contributed by atoms with Crippen LogP contribution < -0.4 is 10.5 Å². The van der Waals surface area contributed by atoms with E-state index in [0.717, 1.165) is 21.8 Å². The molecule has 2 aromatic rings. The largest absolute Gasteiger partial charge is 0.483 e. The van der Waals surface area contributed by atoms with E-state index in [1.807, 2.05) is 50.4 Å². The average molecular weight is 286 g/mol. The second-order valence-corrected chi connectivity index (χ2v) is 5.94. The number of thiophene rings is 1. The van der Waals surface area contributed by atoms with Crippen molar-refractivity contribution in [3.63, 3.8) is 0 Å². The van der Waals surface area contributed by atoms with Crippen LogP contribution in [0.3, 0.4) is 0 Å². The summed E-state index contributed by atoms with van der Waals surface area (Å²) in [7, 11) is 0. The molecule has 1 aromatic heterocycles. The Labute approximate surface area is 123 Å². The van der Waals surface area contributed by atoms with Gasteiger partial charge < -0.3 is 10.5 Å². The molecule has 0 aliphatic heterocycles. The second-order valence-electron chi connectivity index (χ2n) is 4.96. The summed E-state index contributed by atoms with van der Waals surface area (Å²) < 4.78 is 6.16. The number of nitrogens with two attached hydrogens (primary N) is 1. The molecule has 0 radical (unpaired) electrons. The van der Waals surface area contributed by atoms with E-state index in [9.17, 15) is 0 Å². The summed E-state index contributed by atoms with van der Waals surface area (Å²) in [5.74, 6) is 0.819. The zero-order valence-corrected chi connectivity index (χ0v) is 12.7. The van der Waals surface area contributed by atoms with Gasteiger partial charge in [0.1, 0.15) is 11.9 Å². The van der Waals surface area contributed by atoms with E-state index < -0.39 is 0 Å². The van der Waals surface area contributed by atoms with Crippen molar-refractivity contribution in [1.82, 2.24) is 0 Å². The maximum absolute atomic E-state index is 8.99. The van der Waals surface area contributed by atoms with Gasteiger partial charge >= 0.3 is 0 Å². The van der Waals surface area contributed by atoms with Gasteiger partial charge in [0.05, 0.1) is 11.6 Å². The van der Waals surface area contributed by atoms with Crippen LogP contribution in [0.25, 0.3) is 0 Å². The molecule has 0 saturated heterocycles. The molecule has 2 rings (SSSR count). The Hall–Kier alpha value is -1.83. The number of rotatable bonds is 4. The van der Waals surface area contributed by atoms with Crippen molar-refractivity contribution in [2.24, 2.45) is 5.73 Å². The molecule has 2 atom stereocenters. The van der Waals surface area contributed by atoms with E-state index in [2.05, 4.69) is 6.07 Å². The summed E-state index contributed by atoms with van der Waals surface area (Å²) in [6, 6.07) is 9.77. The zero-order chi connectivity index (χ0) is 14.7. The first kappa shape index (κ1) is 14.6. The fraction of sp³-hybridized carbons (Fsp3) is 0.312. The van der Waals surface area contributed by atoms with Crippen molar-refractivity contribution in [3.05, 3.63) is 51.2 Å². The van der Waals surface area contributed by atoms with Gasteiger partial charge in [-0.05, 0) is 55.5 Å². The van der Waals surface area contributed by atoms with Gasteiger partial charge in [-0.15, -0.1) is 11.3 Å². The Kier molecular flexibility index (Phi) is 4.43.